The maximum atomic E-state index is 12.6. The summed E-state index contributed by atoms with van der Waals surface area (Å²) in [6.07, 6.45) is 1.71. The van der Waals surface area contributed by atoms with E-state index in [0.29, 0.717) is 17.9 Å². The van der Waals surface area contributed by atoms with Crippen LogP contribution in [0.25, 0.3) is 0 Å². The molecule has 1 aromatic heterocycles. The van der Waals surface area contributed by atoms with Gasteiger partial charge in [0.25, 0.3) is 11.6 Å². The number of hydrogen-bond acceptors (Lipinski definition) is 5. The third-order valence-electron chi connectivity index (χ3n) is 4.57. The highest BCUT2D eigenvalue weighted by atomic mass is 16.6. The fourth-order valence-corrected chi connectivity index (χ4v) is 2.94. The molecule has 0 radical (unpaired) electrons. The molecule has 7 nitrogen and oxygen atoms in total. The van der Waals surface area contributed by atoms with Gasteiger partial charge in [-0.3, -0.25) is 19.9 Å². The highest BCUT2D eigenvalue weighted by Crippen LogP contribution is 2.23. The second-order valence-corrected chi connectivity index (χ2v) is 6.58. The van der Waals surface area contributed by atoms with Gasteiger partial charge in [-0.25, -0.2) is 0 Å². The molecule has 3 rings (SSSR count). The lowest BCUT2D eigenvalue weighted by Gasteiger charge is -2.16. The van der Waals surface area contributed by atoms with Crippen LogP contribution >= 0.6 is 0 Å². The number of aromatic nitrogens is 1. The minimum atomic E-state index is -0.488. The van der Waals surface area contributed by atoms with Crippen LogP contribution in [0.2, 0.25) is 0 Å². The monoisotopic (exact) mass is 391 g/mol. The summed E-state index contributed by atoms with van der Waals surface area (Å²) < 4.78 is 5.78. The highest BCUT2D eigenvalue weighted by molar-refractivity contribution is 5.96. The van der Waals surface area contributed by atoms with Crippen LogP contribution in [-0.4, -0.2) is 15.8 Å². The molecule has 7 heteroatoms. The van der Waals surface area contributed by atoms with Crippen molar-refractivity contribution in [3.8, 4) is 5.75 Å². The Morgan fingerprint density at radius 2 is 1.97 bits per heavy atom. The van der Waals surface area contributed by atoms with Gasteiger partial charge >= 0.3 is 0 Å². The van der Waals surface area contributed by atoms with Crippen molar-refractivity contribution in [3.05, 3.63) is 99.4 Å². The van der Waals surface area contributed by atoms with E-state index in [4.69, 9.17) is 4.74 Å². The summed E-state index contributed by atoms with van der Waals surface area (Å²) in [4.78, 5) is 27.5. The molecule has 0 saturated carbocycles. The van der Waals surface area contributed by atoms with E-state index in [1.807, 2.05) is 49.4 Å². The average Bonchev–Trinajstić information content (AvgIpc) is 2.73. The third-order valence-corrected chi connectivity index (χ3v) is 4.57. The number of benzene rings is 2. The topological polar surface area (TPSA) is 94.4 Å². The standard InChI is InChI=1S/C22H21N3O4/c1-15-20(10-6-11-21(15)25(27)28)22(26)24-16(2)17-7-5-9-19(13-17)29-14-18-8-3-4-12-23-18/h3-13,16H,14H2,1-2H3,(H,24,26). The number of nitrogens with zero attached hydrogens (tertiary/aromatic N) is 2. The number of amides is 1. The zero-order valence-electron chi connectivity index (χ0n) is 16.2. The second-order valence-electron chi connectivity index (χ2n) is 6.58. The Morgan fingerprint density at radius 3 is 2.69 bits per heavy atom. The Bertz CT molecular complexity index is 1020. The van der Waals surface area contributed by atoms with E-state index in [1.165, 1.54) is 12.1 Å². The molecule has 0 aliphatic heterocycles. The fraction of sp³-hybridized carbons (Fsp3) is 0.182. The van der Waals surface area contributed by atoms with Gasteiger partial charge in [0, 0.05) is 23.4 Å². The first-order valence-corrected chi connectivity index (χ1v) is 9.13. The number of nitro groups is 1. The van der Waals surface area contributed by atoms with Gasteiger partial charge in [0.15, 0.2) is 0 Å². The van der Waals surface area contributed by atoms with E-state index in [1.54, 1.807) is 19.2 Å². The summed E-state index contributed by atoms with van der Waals surface area (Å²) in [5.41, 5.74) is 2.24. The largest absolute Gasteiger partial charge is 0.487 e. The molecule has 0 bridgehead atoms. The molecular formula is C22H21N3O4. The molecule has 2 aromatic carbocycles. The Kier molecular flexibility index (Phi) is 6.19. The number of ether oxygens (including phenoxy) is 1. The molecular weight excluding hydrogens is 370 g/mol. The van der Waals surface area contributed by atoms with Gasteiger partial charge in [0.1, 0.15) is 12.4 Å². The molecule has 148 valence electrons. The molecule has 29 heavy (non-hydrogen) atoms. The third kappa shape index (κ3) is 4.95. The van der Waals surface area contributed by atoms with Crippen LogP contribution in [0.15, 0.2) is 66.9 Å². The van der Waals surface area contributed by atoms with Gasteiger partial charge < -0.3 is 10.1 Å². The number of rotatable bonds is 7. The Labute approximate surface area is 168 Å². The van der Waals surface area contributed by atoms with Gasteiger partial charge in [-0.15, -0.1) is 0 Å². The minimum absolute atomic E-state index is 0.0739. The normalized spacial score (nSPS) is 11.5. The Balaban J connectivity index is 1.69. The lowest BCUT2D eigenvalue weighted by molar-refractivity contribution is -0.385. The van der Waals surface area contributed by atoms with Crippen molar-refractivity contribution in [2.75, 3.05) is 0 Å². The quantitative estimate of drug-likeness (QED) is 0.477. The van der Waals surface area contributed by atoms with Crippen LogP contribution in [0.5, 0.6) is 5.75 Å². The van der Waals surface area contributed by atoms with E-state index in [2.05, 4.69) is 10.3 Å². The zero-order valence-corrected chi connectivity index (χ0v) is 16.2. The molecule has 0 aliphatic rings. The number of nitro benzene ring substituents is 1. The number of nitrogens with one attached hydrogen (secondary N) is 1. The lowest BCUT2D eigenvalue weighted by Crippen LogP contribution is -2.27. The van der Waals surface area contributed by atoms with Crippen LogP contribution in [-0.2, 0) is 6.61 Å². The van der Waals surface area contributed by atoms with Crippen molar-refractivity contribution in [2.24, 2.45) is 0 Å². The molecule has 1 unspecified atom stereocenters. The van der Waals surface area contributed by atoms with Crippen molar-refractivity contribution >= 4 is 11.6 Å². The summed E-state index contributed by atoms with van der Waals surface area (Å²) in [6.45, 7) is 3.77. The summed E-state index contributed by atoms with van der Waals surface area (Å²) in [5.74, 6) is 0.305. The minimum Gasteiger partial charge on any atom is -0.487 e. The van der Waals surface area contributed by atoms with E-state index in [9.17, 15) is 14.9 Å². The highest BCUT2D eigenvalue weighted by Gasteiger charge is 2.19. The van der Waals surface area contributed by atoms with Crippen LogP contribution in [0, 0.1) is 17.0 Å². The van der Waals surface area contributed by atoms with Crippen LogP contribution in [0.3, 0.4) is 0 Å². The molecule has 0 saturated heterocycles. The van der Waals surface area contributed by atoms with Gasteiger partial charge in [0.05, 0.1) is 16.7 Å². The van der Waals surface area contributed by atoms with Crippen LogP contribution in [0.4, 0.5) is 5.69 Å². The van der Waals surface area contributed by atoms with Gasteiger partial charge in [-0.1, -0.05) is 24.3 Å². The van der Waals surface area contributed by atoms with Crippen molar-refractivity contribution in [1.82, 2.24) is 10.3 Å². The maximum Gasteiger partial charge on any atom is 0.273 e. The lowest BCUT2D eigenvalue weighted by atomic mass is 10.0. The molecule has 0 fully saturated rings. The summed E-state index contributed by atoms with van der Waals surface area (Å²) in [6, 6.07) is 17.2. The molecule has 1 N–H and O–H groups in total. The fourth-order valence-electron chi connectivity index (χ4n) is 2.94. The molecule has 1 atom stereocenters. The first kappa shape index (κ1) is 20.0. The smallest absolute Gasteiger partial charge is 0.273 e. The SMILES string of the molecule is Cc1c(C(=O)NC(C)c2cccc(OCc3ccccn3)c2)cccc1[N+](=O)[O-]. The summed E-state index contributed by atoms with van der Waals surface area (Å²) in [5, 5.41) is 14.0. The predicted octanol–water partition coefficient (Wildman–Crippen LogP) is 4.37. The van der Waals surface area contributed by atoms with E-state index < -0.39 is 4.92 Å². The van der Waals surface area contributed by atoms with Gasteiger partial charge in [0.2, 0.25) is 0 Å². The maximum absolute atomic E-state index is 12.6. The van der Waals surface area contributed by atoms with Crippen LogP contribution < -0.4 is 10.1 Å². The molecule has 1 heterocycles. The van der Waals surface area contributed by atoms with Crippen molar-refractivity contribution in [1.29, 1.82) is 0 Å². The molecule has 3 aromatic rings. The van der Waals surface area contributed by atoms with Crippen LogP contribution in [0.1, 0.15) is 40.1 Å². The zero-order chi connectivity index (χ0) is 20.8. The first-order valence-electron chi connectivity index (χ1n) is 9.13. The summed E-state index contributed by atoms with van der Waals surface area (Å²) >= 11 is 0. The second kappa shape index (κ2) is 8.97. The number of hydrogen-bond donors (Lipinski definition) is 1. The van der Waals surface area contributed by atoms with E-state index in [0.717, 1.165) is 11.3 Å². The van der Waals surface area contributed by atoms with Crippen molar-refractivity contribution < 1.29 is 14.5 Å². The van der Waals surface area contributed by atoms with Crippen molar-refractivity contribution in [3.63, 3.8) is 0 Å². The number of carbonyl (C=O) groups excluding carboxylic acids is 1. The molecule has 0 aliphatic carbocycles. The van der Waals surface area contributed by atoms with Gasteiger partial charge in [-0.05, 0) is 49.7 Å². The number of pyridine rings is 1. The van der Waals surface area contributed by atoms with Crippen molar-refractivity contribution in [2.45, 2.75) is 26.5 Å². The molecule has 0 spiro atoms. The number of carbonyl (C=O) groups is 1. The van der Waals surface area contributed by atoms with E-state index in [-0.39, 0.29) is 23.2 Å². The van der Waals surface area contributed by atoms with Gasteiger partial charge in [-0.2, -0.15) is 0 Å². The Hall–Kier alpha value is -3.74. The molecule has 1 amide bonds. The first-order chi connectivity index (χ1) is 14.0. The summed E-state index contributed by atoms with van der Waals surface area (Å²) in [7, 11) is 0. The predicted molar refractivity (Wildman–Crippen MR) is 109 cm³/mol. The van der Waals surface area contributed by atoms with E-state index >= 15 is 0 Å². The average molecular weight is 391 g/mol. The Morgan fingerprint density at radius 1 is 1.17 bits per heavy atom.